The lowest BCUT2D eigenvalue weighted by molar-refractivity contribution is -0.248. The number of amides is 4. The number of nitrogens with zero attached hydrogens (tertiary/aromatic N) is 10. The summed E-state index contributed by atoms with van der Waals surface area (Å²) in [5.41, 5.74) is 9.49. The van der Waals surface area contributed by atoms with Crippen LogP contribution in [-0.2, 0) is 32.1 Å². The van der Waals surface area contributed by atoms with Gasteiger partial charge in [0.05, 0.1) is 56.8 Å². The topological polar surface area (TPSA) is 238 Å². The molecule has 22 heteroatoms. The SMILES string of the molecule is Cc1ncsc1-c1ccc(C(C)NC(=O)[C@@H]2C[C@@H](O)CN2C(=O)C(NC(=O)CCNC(=O)c2nc(N3CCCc4c3nnc(Nc3nc5ccccc5s3)c4C)ccc2-c2cnn(CC34CC5(C)CC(C)(C3)CC(OCCN3CCCC3)(C5)C4)c2C)C(C)(C)C)cc1. The lowest BCUT2D eigenvalue weighted by Gasteiger charge is -2.69. The molecule has 92 heavy (non-hydrogen) atoms. The van der Waals surface area contributed by atoms with Gasteiger partial charge in [-0.3, -0.25) is 23.9 Å². The molecule has 6 atom stereocenters. The molecule has 8 heterocycles. The molecule has 4 amide bonds. The van der Waals surface area contributed by atoms with Crippen LogP contribution in [0.4, 0.5) is 22.6 Å². The van der Waals surface area contributed by atoms with E-state index in [4.69, 9.17) is 30.0 Å². The molecule has 2 aromatic carbocycles. The molecule has 4 bridgehead atoms. The molecule has 20 nitrogen and oxygen atoms in total. The van der Waals surface area contributed by atoms with Crippen LogP contribution in [0, 0.1) is 42.4 Å². The van der Waals surface area contributed by atoms with Crippen molar-refractivity contribution < 1.29 is 29.0 Å². The average molecular weight is 1290 g/mol. The summed E-state index contributed by atoms with van der Waals surface area (Å²) in [6, 6.07) is 17.5. The van der Waals surface area contributed by atoms with Crippen molar-refractivity contribution in [3.8, 4) is 21.6 Å². The molecule has 3 aliphatic heterocycles. The highest BCUT2D eigenvalue weighted by Gasteiger charge is 2.66. The lowest BCUT2D eigenvalue weighted by atomic mass is 9.39. The van der Waals surface area contributed by atoms with Gasteiger partial charge >= 0.3 is 0 Å². The zero-order chi connectivity index (χ0) is 64.5. The van der Waals surface area contributed by atoms with Crippen LogP contribution in [0.25, 0.3) is 31.8 Å². The van der Waals surface area contributed by atoms with Crippen molar-refractivity contribution in [1.82, 2.24) is 60.7 Å². The summed E-state index contributed by atoms with van der Waals surface area (Å²) in [5, 5.41) is 38.9. The molecule has 7 aliphatic rings. The van der Waals surface area contributed by atoms with Gasteiger partial charge in [-0.2, -0.15) is 5.10 Å². The number of aromatic nitrogens is 7. The smallest absolute Gasteiger partial charge is 0.270 e. The fourth-order valence-electron chi connectivity index (χ4n) is 17.3. The molecule has 14 rings (SSSR count). The van der Waals surface area contributed by atoms with Gasteiger partial charge in [0.15, 0.2) is 16.8 Å². The van der Waals surface area contributed by atoms with E-state index < -0.39 is 53.3 Å². The molecule has 486 valence electrons. The summed E-state index contributed by atoms with van der Waals surface area (Å²) in [6.07, 6.45) is 11.6. The van der Waals surface area contributed by atoms with E-state index in [-0.39, 0.29) is 53.5 Å². The normalized spacial score (nSPS) is 25.1. The van der Waals surface area contributed by atoms with Crippen LogP contribution in [0.3, 0.4) is 0 Å². The van der Waals surface area contributed by atoms with Crippen LogP contribution in [-0.4, -0.2) is 143 Å². The molecule has 4 aliphatic carbocycles. The lowest BCUT2D eigenvalue weighted by Crippen LogP contribution is -2.64. The van der Waals surface area contributed by atoms with E-state index >= 15 is 4.79 Å². The Balaban J connectivity index is 0.732. The number of hydrogen-bond acceptors (Lipinski definition) is 17. The van der Waals surface area contributed by atoms with E-state index in [2.05, 4.69) is 56.6 Å². The summed E-state index contributed by atoms with van der Waals surface area (Å²) < 4.78 is 10.4. The minimum Gasteiger partial charge on any atom is -0.391 e. The highest BCUT2D eigenvalue weighted by atomic mass is 32.1. The summed E-state index contributed by atoms with van der Waals surface area (Å²) in [5.74, 6) is 0.0229. The van der Waals surface area contributed by atoms with E-state index in [0.29, 0.717) is 29.6 Å². The van der Waals surface area contributed by atoms with Gasteiger partial charge in [-0.1, -0.05) is 82.4 Å². The van der Waals surface area contributed by atoms with E-state index in [1.807, 2.05) is 119 Å². The number of thiazole rings is 2. The van der Waals surface area contributed by atoms with Crippen LogP contribution in [0.15, 0.2) is 72.4 Å². The molecular formula is C70H88N14O6S2. The maximum atomic E-state index is 15.0. The second-order valence-corrected chi connectivity index (χ2v) is 31.2. The van der Waals surface area contributed by atoms with Crippen molar-refractivity contribution in [2.24, 2.45) is 21.7 Å². The minimum absolute atomic E-state index is 0.00867. The number of para-hydroxylation sites is 1. The molecule has 4 saturated carbocycles. The Morgan fingerprint density at radius 2 is 1.62 bits per heavy atom. The average Bonchev–Trinajstić information content (AvgIpc) is 0.785. The summed E-state index contributed by atoms with van der Waals surface area (Å²) in [4.78, 5) is 79.3. The number of aryl methyl sites for hydroxylation is 1. The Bertz CT molecular complexity index is 3890. The maximum Gasteiger partial charge on any atom is 0.270 e. The third kappa shape index (κ3) is 12.8. The molecule has 7 aromatic rings. The number of β-amino-alcohol motifs (C(OH)–C–C–N with tert-alkyl or cyclic N) is 1. The first-order valence-corrected chi connectivity index (χ1v) is 34.7. The first-order chi connectivity index (χ1) is 43.9. The Morgan fingerprint density at radius 3 is 2.35 bits per heavy atom. The van der Waals surface area contributed by atoms with Gasteiger partial charge in [-0.05, 0) is 162 Å². The largest absolute Gasteiger partial charge is 0.391 e. The van der Waals surface area contributed by atoms with Crippen molar-refractivity contribution >= 4 is 79.1 Å². The van der Waals surface area contributed by atoms with Gasteiger partial charge in [0.25, 0.3) is 5.91 Å². The van der Waals surface area contributed by atoms with Crippen LogP contribution in [0.1, 0.15) is 157 Å². The van der Waals surface area contributed by atoms with Gasteiger partial charge in [-0.15, -0.1) is 21.5 Å². The number of nitrogens with one attached hydrogen (secondary N) is 4. The van der Waals surface area contributed by atoms with E-state index in [1.54, 1.807) is 22.7 Å². The van der Waals surface area contributed by atoms with E-state index in [0.717, 1.165) is 137 Å². The van der Waals surface area contributed by atoms with Crippen LogP contribution < -0.4 is 26.2 Å². The fourth-order valence-corrected chi connectivity index (χ4v) is 19.0. The van der Waals surface area contributed by atoms with Gasteiger partial charge in [0.2, 0.25) is 17.7 Å². The molecule has 4 unspecified atom stereocenters. The summed E-state index contributed by atoms with van der Waals surface area (Å²) in [7, 11) is 0. The fraction of sp³-hybridized carbons (Fsp3) is 0.543. The number of pyridine rings is 1. The molecule has 5 aromatic heterocycles. The van der Waals surface area contributed by atoms with Gasteiger partial charge < -0.3 is 45.8 Å². The van der Waals surface area contributed by atoms with Crippen molar-refractivity contribution in [3.63, 3.8) is 0 Å². The predicted octanol–water partition coefficient (Wildman–Crippen LogP) is 10.9. The minimum atomic E-state index is -1.06. The third-order valence-electron chi connectivity index (χ3n) is 20.5. The van der Waals surface area contributed by atoms with E-state index in [9.17, 15) is 19.5 Å². The number of aliphatic hydroxyl groups excluding tert-OH is 1. The van der Waals surface area contributed by atoms with E-state index in [1.165, 1.54) is 24.2 Å². The Kier molecular flexibility index (Phi) is 17.2. The zero-order valence-electron chi connectivity index (χ0n) is 54.7. The number of carbonyl (C=O) groups is 4. The summed E-state index contributed by atoms with van der Waals surface area (Å²) >= 11 is 3.13. The highest BCUT2D eigenvalue weighted by Crippen LogP contribution is 2.72. The number of aliphatic hydroxyl groups is 1. The Morgan fingerprint density at radius 1 is 0.859 bits per heavy atom. The molecule has 6 fully saturated rings. The Labute approximate surface area is 547 Å². The van der Waals surface area contributed by atoms with Crippen molar-refractivity contribution in [1.29, 1.82) is 0 Å². The first-order valence-electron chi connectivity index (χ1n) is 33.0. The quantitative estimate of drug-likeness (QED) is 0.0477. The molecule has 5 N–H and O–H groups in total. The standard InChI is InChI=1S/C70H88N14O6S2/c1-42-49-15-14-28-82(61(49)80-79-60(42)78-65-75-52-16-10-11-17-54(52)92-65)55-23-22-50(51-32-73-84(45(51)4)40-69-35-67(8)34-68(9,36-69)38-70(37-67,39-69)90-30-29-81-26-12-13-27-81)57(76-55)63(88)71-25-24-56(86)77-59(66(5,6)7)64(89)83-33-48(85)31-53(83)62(87)74-43(2)46-18-20-47(21-19-46)58-44(3)72-41-91-58/h10-11,16-23,32,41,43,48,53,59,85H,12-15,24-31,33-40H2,1-9H3,(H,71,88)(H,74,87)(H,77,86)(H,75,78,79)/t43?,48-,53+,59?,67?,68?,69?,70?/m1/s1. The number of ether oxygens (including phenoxy) is 1. The molecule has 0 radical (unpaired) electrons. The molecular weight excluding hydrogens is 1200 g/mol. The zero-order valence-corrected chi connectivity index (χ0v) is 56.3. The first kappa shape index (κ1) is 63.5. The highest BCUT2D eigenvalue weighted by molar-refractivity contribution is 7.22. The number of benzene rings is 2. The second-order valence-electron chi connectivity index (χ2n) is 29.4. The van der Waals surface area contributed by atoms with Gasteiger partial charge in [0.1, 0.15) is 23.6 Å². The number of hydrogen-bond donors (Lipinski definition) is 5. The number of carbonyl (C=O) groups excluding carboxylic acids is 4. The van der Waals surface area contributed by atoms with Crippen LogP contribution >= 0.6 is 22.7 Å². The third-order valence-corrected chi connectivity index (χ3v) is 22.5. The monoisotopic (exact) mass is 1280 g/mol. The van der Waals surface area contributed by atoms with Gasteiger partial charge in [-0.25, -0.2) is 15.0 Å². The maximum absolute atomic E-state index is 15.0. The van der Waals surface area contributed by atoms with Crippen molar-refractivity contribution in [2.45, 2.75) is 176 Å². The van der Waals surface area contributed by atoms with Crippen molar-refractivity contribution in [3.05, 3.63) is 106 Å². The number of likely N-dealkylation sites (tertiary alicyclic amines) is 2. The Hall–Kier alpha value is -7.24. The predicted molar refractivity (Wildman–Crippen MR) is 359 cm³/mol. The second kappa shape index (κ2) is 24.9. The van der Waals surface area contributed by atoms with Crippen LogP contribution in [0.5, 0.6) is 0 Å². The number of rotatable bonds is 20. The number of fused-ring (bicyclic) bond motifs is 2. The number of anilines is 4. The van der Waals surface area contributed by atoms with Crippen LogP contribution in [0.2, 0.25) is 0 Å². The molecule has 0 spiro atoms. The summed E-state index contributed by atoms with van der Waals surface area (Å²) in [6.45, 7) is 23.8. The van der Waals surface area contributed by atoms with Gasteiger partial charge in [0, 0.05) is 73.5 Å². The molecule has 2 saturated heterocycles. The van der Waals surface area contributed by atoms with Crippen molar-refractivity contribution in [2.75, 3.05) is 56.1 Å².